The number of benzene rings is 1. The van der Waals surface area contributed by atoms with Gasteiger partial charge < -0.3 is 4.52 Å². The summed E-state index contributed by atoms with van der Waals surface area (Å²) >= 11 is 3.43. The largest absolute Gasteiger partial charge is 0.334 e. The molecule has 0 bridgehead atoms. The second-order valence-corrected chi connectivity index (χ2v) is 5.85. The maximum Gasteiger partial charge on any atom is 0.257 e. The maximum absolute atomic E-state index is 12.9. The predicted molar refractivity (Wildman–Crippen MR) is 76.2 cm³/mol. The fraction of sp³-hybridized carbons (Fsp3) is 0.231. The van der Waals surface area contributed by atoms with Gasteiger partial charge in [-0.1, -0.05) is 26.3 Å². The smallest absolute Gasteiger partial charge is 0.257 e. The van der Waals surface area contributed by atoms with Crippen LogP contribution in [0.3, 0.4) is 0 Å². The maximum atomic E-state index is 12.9. The average molecular weight is 352 g/mol. The molecule has 21 heavy (non-hydrogen) atoms. The van der Waals surface area contributed by atoms with Crippen LogP contribution in [0.5, 0.6) is 0 Å². The number of halogens is 2. The van der Waals surface area contributed by atoms with Crippen LogP contribution in [0, 0.1) is 5.82 Å². The Labute approximate surface area is 128 Å². The van der Waals surface area contributed by atoms with Gasteiger partial charge in [-0.2, -0.15) is 4.98 Å². The molecular weight excluding hydrogens is 341 g/mol. The minimum absolute atomic E-state index is 0.131. The lowest BCUT2D eigenvalue weighted by Gasteiger charge is -1.94. The van der Waals surface area contributed by atoms with Gasteiger partial charge in [0, 0.05) is 5.56 Å². The van der Waals surface area contributed by atoms with Crippen LogP contribution in [0.1, 0.15) is 23.3 Å². The first-order chi connectivity index (χ1) is 10.1. The standard InChI is InChI=1S/C13H11BrFN5O/c1-8(14)11-6-20(19-17-11)7-12-16-13(21-18-12)9-2-4-10(15)5-3-9/h2-6,8H,7H2,1H3. The van der Waals surface area contributed by atoms with Gasteiger partial charge in [0.25, 0.3) is 5.89 Å². The van der Waals surface area contributed by atoms with Crippen LogP contribution in [0.2, 0.25) is 0 Å². The van der Waals surface area contributed by atoms with E-state index in [-0.39, 0.29) is 10.6 Å². The lowest BCUT2D eigenvalue weighted by molar-refractivity contribution is 0.418. The van der Waals surface area contributed by atoms with Crippen molar-refractivity contribution in [2.45, 2.75) is 18.3 Å². The Kier molecular flexibility index (Phi) is 3.78. The number of hydrogen-bond donors (Lipinski definition) is 0. The van der Waals surface area contributed by atoms with E-state index in [4.69, 9.17) is 4.52 Å². The van der Waals surface area contributed by atoms with E-state index in [9.17, 15) is 4.39 Å². The summed E-state index contributed by atoms with van der Waals surface area (Å²) in [5.74, 6) is 0.518. The van der Waals surface area contributed by atoms with Gasteiger partial charge in [0.05, 0.1) is 16.7 Å². The van der Waals surface area contributed by atoms with Crippen LogP contribution in [-0.4, -0.2) is 25.1 Å². The van der Waals surface area contributed by atoms with Crippen LogP contribution in [-0.2, 0) is 6.54 Å². The van der Waals surface area contributed by atoms with Crippen LogP contribution in [0.25, 0.3) is 11.5 Å². The van der Waals surface area contributed by atoms with Crippen LogP contribution >= 0.6 is 15.9 Å². The third kappa shape index (κ3) is 3.15. The van der Waals surface area contributed by atoms with Gasteiger partial charge in [0.2, 0.25) is 0 Å². The molecule has 0 radical (unpaired) electrons. The van der Waals surface area contributed by atoms with Crippen LogP contribution in [0.4, 0.5) is 4.39 Å². The van der Waals surface area contributed by atoms with Crippen molar-refractivity contribution in [1.82, 2.24) is 25.1 Å². The quantitative estimate of drug-likeness (QED) is 0.675. The number of hydrogen-bond acceptors (Lipinski definition) is 5. The van der Waals surface area contributed by atoms with Crippen molar-refractivity contribution in [3.63, 3.8) is 0 Å². The van der Waals surface area contributed by atoms with Gasteiger partial charge in [-0.15, -0.1) is 5.10 Å². The summed E-state index contributed by atoms with van der Waals surface area (Å²) in [6.07, 6.45) is 1.81. The minimum Gasteiger partial charge on any atom is -0.334 e. The zero-order valence-electron chi connectivity index (χ0n) is 11.1. The molecule has 1 atom stereocenters. The Morgan fingerprint density at radius 3 is 2.76 bits per heavy atom. The fourth-order valence-corrected chi connectivity index (χ4v) is 1.96. The molecule has 8 heteroatoms. The van der Waals surface area contributed by atoms with Crippen molar-refractivity contribution in [3.05, 3.63) is 47.8 Å². The summed E-state index contributed by atoms with van der Waals surface area (Å²) in [7, 11) is 0. The highest BCUT2D eigenvalue weighted by Gasteiger charge is 2.11. The molecule has 0 amide bonds. The van der Waals surface area contributed by atoms with Gasteiger partial charge in [-0.25, -0.2) is 9.07 Å². The summed E-state index contributed by atoms with van der Waals surface area (Å²) < 4.78 is 19.7. The molecule has 0 saturated heterocycles. The fourth-order valence-electron chi connectivity index (χ4n) is 1.75. The Balaban J connectivity index is 1.76. The minimum atomic E-state index is -0.308. The van der Waals surface area contributed by atoms with E-state index < -0.39 is 0 Å². The van der Waals surface area contributed by atoms with Crippen molar-refractivity contribution in [2.24, 2.45) is 0 Å². The van der Waals surface area contributed by atoms with Gasteiger partial charge in [-0.05, 0) is 31.2 Å². The summed E-state index contributed by atoms with van der Waals surface area (Å²) in [6.45, 7) is 2.33. The second kappa shape index (κ2) is 5.72. The van der Waals surface area contributed by atoms with Crippen molar-refractivity contribution < 1.29 is 8.91 Å². The third-order valence-electron chi connectivity index (χ3n) is 2.83. The molecule has 2 aromatic heterocycles. The second-order valence-electron chi connectivity index (χ2n) is 4.48. The molecule has 108 valence electrons. The average Bonchev–Trinajstić information content (AvgIpc) is 3.10. The van der Waals surface area contributed by atoms with E-state index in [0.717, 1.165) is 5.69 Å². The first-order valence-corrected chi connectivity index (χ1v) is 7.16. The highest BCUT2D eigenvalue weighted by atomic mass is 79.9. The highest BCUT2D eigenvalue weighted by molar-refractivity contribution is 9.09. The molecule has 1 aromatic carbocycles. The molecule has 0 fully saturated rings. The summed E-state index contributed by atoms with van der Waals surface area (Å²) in [5.41, 5.74) is 1.50. The third-order valence-corrected chi connectivity index (χ3v) is 3.30. The molecule has 0 aliphatic heterocycles. The first kappa shape index (κ1) is 13.9. The topological polar surface area (TPSA) is 69.6 Å². The molecule has 6 nitrogen and oxygen atoms in total. The number of rotatable bonds is 4. The van der Waals surface area contributed by atoms with Gasteiger partial charge >= 0.3 is 0 Å². The highest BCUT2D eigenvalue weighted by Crippen LogP contribution is 2.19. The van der Waals surface area contributed by atoms with E-state index >= 15 is 0 Å². The summed E-state index contributed by atoms with van der Waals surface area (Å²) in [5, 5.41) is 11.9. The van der Waals surface area contributed by atoms with Crippen LogP contribution < -0.4 is 0 Å². The Hall–Kier alpha value is -2.09. The molecule has 3 aromatic rings. The molecule has 1 unspecified atom stereocenters. The molecule has 0 aliphatic carbocycles. The van der Waals surface area contributed by atoms with Gasteiger partial charge in [-0.3, -0.25) is 0 Å². The zero-order chi connectivity index (χ0) is 14.8. The van der Waals surface area contributed by atoms with E-state index in [1.807, 2.05) is 13.1 Å². The van der Waals surface area contributed by atoms with Gasteiger partial charge in [0.15, 0.2) is 5.82 Å². The van der Waals surface area contributed by atoms with Crippen molar-refractivity contribution in [1.29, 1.82) is 0 Å². The predicted octanol–water partition coefficient (Wildman–Crippen LogP) is 2.97. The van der Waals surface area contributed by atoms with Crippen molar-refractivity contribution in [3.8, 4) is 11.5 Å². The molecule has 0 saturated carbocycles. The van der Waals surface area contributed by atoms with Crippen molar-refractivity contribution >= 4 is 15.9 Å². The first-order valence-electron chi connectivity index (χ1n) is 6.24. The van der Waals surface area contributed by atoms with E-state index in [1.165, 1.54) is 12.1 Å². The lowest BCUT2D eigenvalue weighted by Crippen LogP contribution is -2.02. The molecule has 3 rings (SSSR count). The summed E-state index contributed by atoms with van der Waals surface area (Å²) in [4.78, 5) is 4.39. The summed E-state index contributed by atoms with van der Waals surface area (Å²) in [6, 6.07) is 5.88. The number of nitrogens with zero attached hydrogens (tertiary/aromatic N) is 5. The molecular formula is C13H11BrFN5O. The Morgan fingerprint density at radius 2 is 2.10 bits per heavy atom. The van der Waals surface area contributed by atoms with Crippen molar-refractivity contribution in [2.75, 3.05) is 0 Å². The Morgan fingerprint density at radius 1 is 1.33 bits per heavy atom. The molecule has 0 spiro atoms. The van der Waals surface area contributed by atoms with E-state index in [1.54, 1.807) is 16.8 Å². The van der Waals surface area contributed by atoms with Gasteiger partial charge in [0.1, 0.15) is 12.4 Å². The molecule has 0 N–H and O–H groups in total. The lowest BCUT2D eigenvalue weighted by atomic mass is 10.2. The number of alkyl halides is 1. The van der Waals surface area contributed by atoms with Crippen LogP contribution in [0.15, 0.2) is 35.0 Å². The molecule has 2 heterocycles. The molecule has 0 aliphatic rings. The van der Waals surface area contributed by atoms with E-state index in [0.29, 0.717) is 23.8 Å². The zero-order valence-corrected chi connectivity index (χ0v) is 12.7. The Bertz CT molecular complexity index is 737. The van der Waals surface area contributed by atoms with E-state index in [2.05, 4.69) is 36.4 Å². The number of aromatic nitrogens is 5. The SMILES string of the molecule is CC(Br)c1cn(Cc2noc(-c3ccc(F)cc3)n2)nn1. The monoisotopic (exact) mass is 351 g/mol. The normalized spacial score (nSPS) is 12.5.